The number of amides is 2. The highest BCUT2D eigenvalue weighted by atomic mass is 35.5. The van der Waals surface area contributed by atoms with Crippen molar-refractivity contribution >= 4 is 29.1 Å². The first-order chi connectivity index (χ1) is 16.8. The second-order valence-corrected chi connectivity index (χ2v) is 10.2. The Kier molecular flexibility index (Phi) is 8.46. The Morgan fingerprint density at radius 1 is 1.17 bits per heavy atom. The molecule has 0 bridgehead atoms. The minimum atomic E-state index is -0.249. The van der Waals surface area contributed by atoms with Crippen LogP contribution >= 0.6 is 11.6 Å². The van der Waals surface area contributed by atoms with Crippen molar-refractivity contribution in [3.8, 4) is 0 Å². The molecule has 2 aliphatic rings. The first-order valence-corrected chi connectivity index (χ1v) is 12.9. The van der Waals surface area contributed by atoms with E-state index in [4.69, 9.17) is 16.3 Å². The van der Waals surface area contributed by atoms with Crippen LogP contribution in [-0.4, -0.2) is 82.6 Å². The Bertz CT molecular complexity index is 1010. The van der Waals surface area contributed by atoms with Crippen LogP contribution in [0.2, 0.25) is 5.02 Å². The molecule has 1 aromatic carbocycles. The number of anilines is 1. The van der Waals surface area contributed by atoms with Gasteiger partial charge < -0.3 is 19.1 Å². The third-order valence-corrected chi connectivity index (χ3v) is 7.37. The smallest absolute Gasteiger partial charge is 0.278 e. The third-order valence-electron chi connectivity index (χ3n) is 7.14. The molecule has 2 fully saturated rings. The largest absolute Gasteiger partial charge is 0.379 e. The lowest BCUT2D eigenvalue weighted by Crippen LogP contribution is -2.51. The molecule has 2 aromatic rings. The van der Waals surface area contributed by atoms with E-state index in [9.17, 15) is 9.59 Å². The van der Waals surface area contributed by atoms with Crippen molar-refractivity contribution in [1.82, 2.24) is 19.4 Å². The number of halogens is 1. The highest BCUT2D eigenvalue weighted by Gasteiger charge is 2.33. The van der Waals surface area contributed by atoms with E-state index >= 15 is 0 Å². The summed E-state index contributed by atoms with van der Waals surface area (Å²) in [5.41, 5.74) is 0.981. The van der Waals surface area contributed by atoms with Gasteiger partial charge in [0.2, 0.25) is 5.91 Å². The second-order valence-electron chi connectivity index (χ2n) is 9.78. The van der Waals surface area contributed by atoms with Gasteiger partial charge in [0, 0.05) is 55.2 Å². The van der Waals surface area contributed by atoms with Gasteiger partial charge in [-0.05, 0) is 57.7 Å². The van der Waals surface area contributed by atoms with Gasteiger partial charge in [0.25, 0.3) is 5.91 Å². The lowest BCUT2D eigenvalue weighted by Gasteiger charge is -2.43. The summed E-state index contributed by atoms with van der Waals surface area (Å²) in [4.78, 5) is 36.6. The molecule has 2 amide bonds. The van der Waals surface area contributed by atoms with Crippen LogP contribution in [-0.2, 0) is 16.1 Å². The maximum Gasteiger partial charge on any atom is 0.278 e. The normalized spacial score (nSPS) is 21.2. The first-order valence-electron chi connectivity index (χ1n) is 12.5. The molecular formula is C26H36ClN5O3. The standard InChI is InChI=1S/C26H36ClN5O3/c1-19(2)32(22-9-7-21(8-10-22)31-11-13-35-14-12-31)25(33)17-30-16-24(28-18-30)26(34)29(3)23-6-4-5-20(27)15-23/h4-6,15-16,18-19,21-22H,7-14,17H2,1-3H3. The molecule has 0 unspecified atom stereocenters. The summed E-state index contributed by atoms with van der Waals surface area (Å²) in [7, 11) is 1.69. The fourth-order valence-electron chi connectivity index (χ4n) is 5.33. The number of aromatic nitrogens is 2. The SMILES string of the molecule is CC(C)N(C(=O)Cn1cnc(C(=O)N(C)c2cccc(Cl)c2)c1)C1CCC(N2CCOCC2)CC1. The summed E-state index contributed by atoms with van der Waals surface area (Å²) in [6.07, 6.45) is 7.47. The Hall–Kier alpha value is -2.42. The summed E-state index contributed by atoms with van der Waals surface area (Å²) >= 11 is 6.06. The van der Waals surface area contributed by atoms with Crippen LogP contribution in [0.25, 0.3) is 0 Å². The van der Waals surface area contributed by atoms with Crippen LogP contribution in [0.5, 0.6) is 0 Å². The summed E-state index contributed by atoms with van der Waals surface area (Å²) in [6, 6.07) is 8.07. The van der Waals surface area contributed by atoms with E-state index in [0.29, 0.717) is 22.4 Å². The van der Waals surface area contributed by atoms with E-state index in [2.05, 4.69) is 23.7 Å². The van der Waals surface area contributed by atoms with Crippen molar-refractivity contribution in [1.29, 1.82) is 0 Å². The highest BCUT2D eigenvalue weighted by molar-refractivity contribution is 6.31. The predicted molar refractivity (Wildman–Crippen MR) is 137 cm³/mol. The molecule has 1 aromatic heterocycles. The monoisotopic (exact) mass is 501 g/mol. The van der Waals surface area contributed by atoms with Crippen LogP contribution in [0, 0.1) is 0 Å². The lowest BCUT2D eigenvalue weighted by molar-refractivity contribution is -0.137. The Balaban J connectivity index is 1.36. The highest BCUT2D eigenvalue weighted by Crippen LogP contribution is 2.28. The summed E-state index contributed by atoms with van der Waals surface area (Å²) in [6.45, 7) is 7.99. The number of hydrogen-bond acceptors (Lipinski definition) is 5. The van der Waals surface area contributed by atoms with Crippen LogP contribution in [0.4, 0.5) is 5.69 Å². The average Bonchev–Trinajstić information content (AvgIpc) is 3.32. The predicted octanol–water partition coefficient (Wildman–Crippen LogP) is 3.69. The molecule has 0 N–H and O–H groups in total. The second kappa shape index (κ2) is 11.5. The number of morpholine rings is 1. The van der Waals surface area contributed by atoms with Gasteiger partial charge in [-0.2, -0.15) is 0 Å². The number of ether oxygens (including phenoxy) is 1. The minimum absolute atomic E-state index is 0.0643. The molecule has 1 aliphatic carbocycles. The molecule has 0 radical (unpaired) electrons. The molecule has 190 valence electrons. The Morgan fingerprint density at radius 2 is 1.89 bits per heavy atom. The molecule has 35 heavy (non-hydrogen) atoms. The van der Waals surface area contributed by atoms with Crippen molar-refractivity contribution in [2.75, 3.05) is 38.3 Å². The number of rotatable bonds is 7. The maximum atomic E-state index is 13.3. The van der Waals surface area contributed by atoms with Crippen molar-refractivity contribution < 1.29 is 14.3 Å². The van der Waals surface area contributed by atoms with Crippen molar-refractivity contribution in [3.63, 3.8) is 0 Å². The van der Waals surface area contributed by atoms with Gasteiger partial charge in [-0.1, -0.05) is 17.7 Å². The lowest BCUT2D eigenvalue weighted by atomic mass is 9.88. The summed E-state index contributed by atoms with van der Waals surface area (Å²) in [5, 5.41) is 0.561. The van der Waals surface area contributed by atoms with Crippen molar-refractivity contribution in [2.45, 2.75) is 64.2 Å². The average molecular weight is 502 g/mol. The number of benzene rings is 1. The van der Waals surface area contributed by atoms with E-state index in [1.165, 1.54) is 4.90 Å². The van der Waals surface area contributed by atoms with Gasteiger partial charge in [-0.3, -0.25) is 14.5 Å². The number of imidazole rings is 1. The zero-order valence-corrected chi connectivity index (χ0v) is 21.7. The van der Waals surface area contributed by atoms with Gasteiger partial charge in [0.1, 0.15) is 12.2 Å². The fourth-order valence-corrected chi connectivity index (χ4v) is 5.51. The van der Waals surface area contributed by atoms with Crippen LogP contribution in [0.1, 0.15) is 50.0 Å². The van der Waals surface area contributed by atoms with Gasteiger partial charge in [-0.25, -0.2) is 4.98 Å². The third kappa shape index (κ3) is 6.23. The van der Waals surface area contributed by atoms with E-state index in [1.54, 1.807) is 42.3 Å². The maximum absolute atomic E-state index is 13.3. The molecule has 1 aliphatic heterocycles. The Labute approximate surface area is 212 Å². The van der Waals surface area contributed by atoms with E-state index < -0.39 is 0 Å². The number of hydrogen-bond donors (Lipinski definition) is 0. The summed E-state index contributed by atoms with van der Waals surface area (Å²) < 4.78 is 7.20. The number of carbonyl (C=O) groups is 2. The van der Waals surface area contributed by atoms with Gasteiger partial charge >= 0.3 is 0 Å². The molecular weight excluding hydrogens is 466 g/mol. The van der Waals surface area contributed by atoms with Gasteiger partial charge in [0.05, 0.1) is 19.5 Å². The number of carbonyl (C=O) groups excluding carboxylic acids is 2. The fraction of sp³-hybridized carbons (Fsp3) is 0.577. The molecule has 0 spiro atoms. The minimum Gasteiger partial charge on any atom is -0.379 e. The van der Waals surface area contributed by atoms with E-state index in [1.807, 2.05) is 11.0 Å². The quantitative estimate of drug-likeness (QED) is 0.578. The summed E-state index contributed by atoms with van der Waals surface area (Å²) in [5.74, 6) is -0.185. The molecule has 0 atom stereocenters. The molecule has 4 rings (SSSR count). The Morgan fingerprint density at radius 3 is 2.54 bits per heavy atom. The topological polar surface area (TPSA) is 70.9 Å². The van der Waals surface area contributed by atoms with E-state index in [-0.39, 0.29) is 30.4 Å². The van der Waals surface area contributed by atoms with Crippen molar-refractivity contribution in [3.05, 3.63) is 47.5 Å². The zero-order valence-electron chi connectivity index (χ0n) is 20.9. The van der Waals surface area contributed by atoms with Crippen LogP contribution in [0.3, 0.4) is 0 Å². The molecule has 1 saturated carbocycles. The first kappa shape index (κ1) is 25.7. The number of nitrogens with zero attached hydrogens (tertiary/aromatic N) is 5. The van der Waals surface area contributed by atoms with Gasteiger partial charge in [0.15, 0.2) is 0 Å². The van der Waals surface area contributed by atoms with Gasteiger partial charge in [-0.15, -0.1) is 0 Å². The van der Waals surface area contributed by atoms with Crippen LogP contribution in [0.15, 0.2) is 36.8 Å². The van der Waals surface area contributed by atoms with Crippen molar-refractivity contribution in [2.24, 2.45) is 0 Å². The molecule has 2 heterocycles. The van der Waals surface area contributed by atoms with Crippen LogP contribution < -0.4 is 4.90 Å². The molecule has 9 heteroatoms. The molecule has 8 nitrogen and oxygen atoms in total. The zero-order chi connectivity index (χ0) is 24.9. The molecule has 1 saturated heterocycles. The van der Waals surface area contributed by atoms with E-state index in [0.717, 1.165) is 52.0 Å².